The Balaban J connectivity index is 1.29. The third-order valence-electron chi connectivity index (χ3n) is 7.23. The number of aromatic nitrogens is 1. The fraction of sp³-hybridized carbons (Fsp3) is 0.400. The average Bonchev–Trinajstić information content (AvgIpc) is 3.65. The van der Waals surface area contributed by atoms with Crippen LogP contribution < -0.4 is 15.0 Å². The second kappa shape index (κ2) is 12.0. The minimum Gasteiger partial charge on any atom is -0.497 e. The molecule has 1 fully saturated rings. The van der Waals surface area contributed by atoms with Crippen molar-refractivity contribution in [2.45, 2.75) is 39.8 Å². The van der Waals surface area contributed by atoms with E-state index in [1.54, 1.807) is 37.8 Å². The number of ether oxygens (including phenoxy) is 2. The summed E-state index contributed by atoms with van der Waals surface area (Å²) in [5.41, 5.74) is 0.934. The number of hydrogen-bond acceptors (Lipinski definition) is 10. The van der Waals surface area contributed by atoms with Gasteiger partial charge in [-0.2, -0.15) is 0 Å². The number of benzene rings is 1. The molecule has 5 rings (SSSR count). The van der Waals surface area contributed by atoms with Crippen LogP contribution in [0.15, 0.2) is 40.8 Å². The second-order valence-electron chi connectivity index (χ2n) is 11.6. The third kappa shape index (κ3) is 6.20. The Morgan fingerprint density at radius 3 is 2.61 bits per heavy atom. The topological polar surface area (TPSA) is 172 Å². The molecule has 0 bridgehead atoms. The van der Waals surface area contributed by atoms with Gasteiger partial charge < -0.3 is 29.2 Å². The molecule has 14 heteroatoms. The molecule has 2 aromatic heterocycles. The van der Waals surface area contributed by atoms with Crippen LogP contribution in [-0.4, -0.2) is 89.2 Å². The molecule has 1 aromatic carbocycles. The Hall–Kier alpha value is -4.98. The van der Waals surface area contributed by atoms with Crippen molar-refractivity contribution in [3.63, 3.8) is 0 Å². The maximum absolute atomic E-state index is 13.5. The molecule has 0 spiro atoms. The number of nitrogens with zero attached hydrogens (tertiary/aromatic N) is 4. The third-order valence-corrected chi connectivity index (χ3v) is 7.23. The molecule has 0 radical (unpaired) electrons. The van der Waals surface area contributed by atoms with Crippen LogP contribution in [0.1, 0.15) is 53.7 Å². The number of aliphatic hydroxyl groups excluding tert-OH is 1. The number of methoxy groups -OCH3 is 1. The van der Waals surface area contributed by atoms with Crippen LogP contribution in [0.3, 0.4) is 0 Å². The smallest absolute Gasteiger partial charge is 0.327 e. The number of aliphatic hydroxyl groups is 1. The van der Waals surface area contributed by atoms with E-state index in [0.717, 1.165) is 5.56 Å². The van der Waals surface area contributed by atoms with Gasteiger partial charge in [-0.1, -0.05) is 6.07 Å². The van der Waals surface area contributed by atoms with Crippen LogP contribution in [0, 0.1) is 5.41 Å². The van der Waals surface area contributed by atoms with E-state index in [2.05, 4.69) is 10.3 Å². The molecular formula is C30H33N5O9. The SMILES string of the molecule is COc1ccc2c(c1)C(=O)N(CCNC(=O)N(COC(=O)C(C)(C)C)C(=O)c1cc3nc(N4C[C@@H](O)CC4=O)ccc3o1)C2. The number of fused-ring (bicyclic) bond motifs is 2. The quantitative estimate of drug-likeness (QED) is 0.286. The zero-order valence-electron chi connectivity index (χ0n) is 24.8. The highest BCUT2D eigenvalue weighted by atomic mass is 16.5. The first-order valence-corrected chi connectivity index (χ1v) is 14.0. The normalized spacial score (nSPS) is 16.3. The monoisotopic (exact) mass is 607 g/mol. The molecule has 5 amide bonds. The molecule has 1 atom stereocenters. The van der Waals surface area contributed by atoms with E-state index in [0.29, 0.717) is 22.8 Å². The van der Waals surface area contributed by atoms with Gasteiger partial charge in [0.15, 0.2) is 18.1 Å². The van der Waals surface area contributed by atoms with Gasteiger partial charge in [0, 0.05) is 31.3 Å². The van der Waals surface area contributed by atoms with Crippen LogP contribution in [-0.2, 0) is 20.9 Å². The molecule has 14 nitrogen and oxygen atoms in total. The molecule has 232 valence electrons. The highest BCUT2D eigenvalue weighted by Crippen LogP contribution is 2.27. The lowest BCUT2D eigenvalue weighted by Crippen LogP contribution is -2.47. The molecule has 2 aliphatic heterocycles. The van der Waals surface area contributed by atoms with E-state index in [-0.39, 0.29) is 60.5 Å². The highest BCUT2D eigenvalue weighted by Gasteiger charge is 2.33. The molecule has 44 heavy (non-hydrogen) atoms. The molecule has 0 unspecified atom stereocenters. The van der Waals surface area contributed by atoms with Crippen molar-refractivity contribution in [1.29, 1.82) is 0 Å². The summed E-state index contributed by atoms with van der Waals surface area (Å²) in [5.74, 6) is -1.43. The Kier molecular flexibility index (Phi) is 8.28. The van der Waals surface area contributed by atoms with Gasteiger partial charge >= 0.3 is 12.0 Å². The summed E-state index contributed by atoms with van der Waals surface area (Å²) < 4.78 is 16.1. The molecule has 0 aliphatic carbocycles. The minimum absolute atomic E-state index is 0.00740. The van der Waals surface area contributed by atoms with Gasteiger partial charge in [-0.25, -0.2) is 14.7 Å². The van der Waals surface area contributed by atoms with Crippen LogP contribution in [0.25, 0.3) is 11.1 Å². The Labute approximate surface area is 252 Å². The Bertz CT molecular complexity index is 1640. The van der Waals surface area contributed by atoms with Gasteiger partial charge in [0.2, 0.25) is 5.91 Å². The predicted molar refractivity (Wildman–Crippen MR) is 155 cm³/mol. The molecule has 1 saturated heterocycles. The fourth-order valence-corrected chi connectivity index (χ4v) is 4.80. The van der Waals surface area contributed by atoms with Crippen molar-refractivity contribution in [2.24, 2.45) is 5.41 Å². The predicted octanol–water partition coefficient (Wildman–Crippen LogP) is 2.29. The van der Waals surface area contributed by atoms with Gasteiger partial charge in [0.05, 0.1) is 31.6 Å². The van der Waals surface area contributed by atoms with Crippen molar-refractivity contribution in [2.75, 3.05) is 38.4 Å². The first-order valence-electron chi connectivity index (χ1n) is 14.0. The summed E-state index contributed by atoms with van der Waals surface area (Å²) in [6.45, 7) is 4.83. The van der Waals surface area contributed by atoms with Gasteiger partial charge in [-0.05, 0) is 50.6 Å². The van der Waals surface area contributed by atoms with Crippen molar-refractivity contribution in [1.82, 2.24) is 20.1 Å². The summed E-state index contributed by atoms with van der Waals surface area (Å²) >= 11 is 0. The lowest BCUT2D eigenvalue weighted by Gasteiger charge is -2.23. The van der Waals surface area contributed by atoms with E-state index in [4.69, 9.17) is 13.9 Å². The van der Waals surface area contributed by atoms with E-state index in [1.807, 2.05) is 6.07 Å². The first kappa shape index (κ1) is 30.5. The molecule has 2 aliphatic rings. The number of imide groups is 1. The lowest BCUT2D eigenvalue weighted by molar-refractivity contribution is -0.155. The minimum atomic E-state index is -0.895. The van der Waals surface area contributed by atoms with E-state index in [9.17, 15) is 29.1 Å². The van der Waals surface area contributed by atoms with Crippen molar-refractivity contribution < 1.29 is 43.0 Å². The number of carbonyl (C=O) groups excluding carboxylic acids is 5. The number of β-amino-alcohol motifs (C(OH)–C–C–N with tert-alkyl or cyclic N) is 1. The number of furan rings is 1. The average molecular weight is 608 g/mol. The number of nitrogens with one attached hydrogen (secondary N) is 1. The van der Waals surface area contributed by atoms with Gasteiger partial charge in [0.1, 0.15) is 17.1 Å². The number of amides is 5. The number of anilines is 1. The standard InChI is InChI=1S/C30H33N5O9/c1-30(2,3)28(40)43-16-35(29(41)31-9-10-33-14-17-5-6-19(42-4)12-20(17)26(33)38)27(39)23-13-21-22(44-23)7-8-24(32-21)34-15-18(36)11-25(34)37/h5-8,12-13,18,36H,9-11,14-16H2,1-4H3,(H,31,41)/t18-/m0/s1. The van der Waals surface area contributed by atoms with E-state index < -0.39 is 36.2 Å². The summed E-state index contributed by atoms with van der Waals surface area (Å²) in [4.78, 5) is 72.2. The van der Waals surface area contributed by atoms with Crippen LogP contribution >= 0.6 is 0 Å². The van der Waals surface area contributed by atoms with E-state index >= 15 is 0 Å². The molecular weight excluding hydrogens is 574 g/mol. The Morgan fingerprint density at radius 1 is 1.16 bits per heavy atom. The maximum atomic E-state index is 13.5. The lowest BCUT2D eigenvalue weighted by atomic mass is 9.98. The number of pyridine rings is 1. The second-order valence-corrected chi connectivity index (χ2v) is 11.6. The van der Waals surface area contributed by atoms with Crippen LogP contribution in [0.4, 0.5) is 10.6 Å². The number of esters is 1. The molecule has 3 aromatic rings. The fourth-order valence-electron chi connectivity index (χ4n) is 4.80. The highest BCUT2D eigenvalue weighted by molar-refractivity contribution is 6.04. The summed E-state index contributed by atoms with van der Waals surface area (Å²) in [6, 6.07) is 8.75. The summed E-state index contributed by atoms with van der Waals surface area (Å²) in [6.07, 6.45) is -0.813. The van der Waals surface area contributed by atoms with Crippen LogP contribution in [0.5, 0.6) is 5.75 Å². The summed E-state index contributed by atoms with van der Waals surface area (Å²) in [7, 11) is 1.52. The Morgan fingerprint density at radius 2 is 1.93 bits per heavy atom. The molecule has 0 saturated carbocycles. The number of urea groups is 1. The summed E-state index contributed by atoms with van der Waals surface area (Å²) in [5, 5.41) is 12.4. The van der Waals surface area contributed by atoms with Gasteiger partial charge in [-0.15, -0.1) is 0 Å². The van der Waals surface area contributed by atoms with Crippen molar-refractivity contribution in [3.8, 4) is 5.75 Å². The number of carbonyl (C=O) groups is 5. The first-order chi connectivity index (χ1) is 20.8. The van der Waals surface area contributed by atoms with Crippen LogP contribution in [0.2, 0.25) is 0 Å². The van der Waals surface area contributed by atoms with Gasteiger partial charge in [-0.3, -0.25) is 24.1 Å². The number of rotatable bonds is 8. The zero-order chi connectivity index (χ0) is 31.8. The zero-order valence-corrected chi connectivity index (χ0v) is 24.8. The van der Waals surface area contributed by atoms with E-state index in [1.165, 1.54) is 30.2 Å². The maximum Gasteiger partial charge on any atom is 0.327 e. The van der Waals surface area contributed by atoms with Gasteiger partial charge in [0.25, 0.3) is 11.8 Å². The van der Waals surface area contributed by atoms with Crippen molar-refractivity contribution >= 4 is 46.6 Å². The number of hydrogen-bond donors (Lipinski definition) is 2. The molecule has 2 N–H and O–H groups in total. The molecule has 4 heterocycles. The largest absolute Gasteiger partial charge is 0.497 e. The van der Waals surface area contributed by atoms with Crippen molar-refractivity contribution in [3.05, 3.63) is 53.3 Å².